The summed E-state index contributed by atoms with van der Waals surface area (Å²) in [5.41, 5.74) is 0.684. The van der Waals surface area contributed by atoms with Gasteiger partial charge in [0.2, 0.25) is 5.78 Å². The molecular formula is C9H6ClFO2. The van der Waals surface area contributed by atoms with Gasteiger partial charge in [-0.2, -0.15) is 4.39 Å². The number of rotatable bonds is 0. The van der Waals surface area contributed by atoms with Crippen LogP contribution in [0.5, 0.6) is 5.75 Å². The van der Waals surface area contributed by atoms with Crippen LogP contribution in [0.3, 0.4) is 0 Å². The zero-order valence-electron chi connectivity index (χ0n) is 6.59. The van der Waals surface area contributed by atoms with Crippen LogP contribution in [0.15, 0.2) is 18.2 Å². The molecule has 1 aromatic rings. The topological polar surface area (TPSA) is 26.3 Å². The van der Waals surface area contributed by atoms with Crippen LogP contribution in [-0.4, -0.2) is 12.1 Å². The van der Waals surface area contributed by atoms with Crippen molar-refractivity contribution < 1.29 is 13.9 Å². The summed E-state index contributed by atoms with van der Waals surface area (Å²) in [6.07, 6.45) is -1.76. The molecule has 68 valence electrons. The van der Waals surface area contributed by atoms with E-state index in [9.17, 15) is 9.18 Å². The molecule has 1 aliphatic rings. The molecular weight excluding hydrogens is 195 g/mol. The van der Waals surface area contributed by atoms with Crippen LogP contribution >= 0.6 is 11.6 Å². The minimum absolute atomic E-state index is 0.0771. The van der Waals surface area contributed by atoms with Gasteiger partial charge in [0.1, 0.15) is 5.75 Å². The van der Waals surface area contributed by atoms with E-state index in [0.717, 1.165) is 0 Å². The molecule has 0 saturated carbocycles. The molecule has 1 atom stereocenters. The summed E-state index contributed by atoms with van der Waals surface area (Å²) >= 11 is 5.67. The Kier molecular flexibility index (Phi) is 1.96. The van der Waals surface area contributed by atoms with Crippen molar-refractivity contribution in [2.45, 2.75) is 12.8 Å². The molecule has 2 rings (SSSR count). The van der Waals surface area contributed by atoms with Crippen LogP contribution in [0, 0.1) is 0 Å². The molecule has 0 spiro atoms. The van der Waals surface area contributed by atoms with E-state index in [-0.39, 0.29) is 6.42 Å². The van der Waals surface area contributed by atoms with Crippen molar-refractivity contribution in [2.75, 3.05) is 0 Å². The lowest BCUT2D eigenvalue weighted by atomic mass is 10.1. The molecule has 0 fully saturated rings. The van der Waals surface area contributed by atoms with Crippen molar-refractivity contribution in [3.05, 3.63) is 28.8 Å². The van der Waals surface area contributed by atoms with Gasteiger partial charge in [-0.25, -0.2) is 0 Å². The lowest BCUT2D eigenvalue weighted by molar-refractivity contribution is -0.134. The number of hydrogen-bond donors (Lipinski definition) is 0. The summed E-state index contributed by atoms with van der Waals surface area (Å²) in [5, 5.41) is 0.472. The Morgan fingerprint density at radius 2 is 2.31 bits per heavy atom. The van der Waals surface area contributed by atoms with Crippen molar-refractivity contribution in [3.8, 4) is 5.75 Å². The monoisotopic (exact) mass is 200 g/mol. The first kappa shape index (κ1) is 8.51. The summed E-state index contributed by atoms with van der Waals surface area (Å²) in [7, 11) is 0. The molecule has 1 heterocycles. The molecule has 0 saturated heterocycles. The lowest BCUT2D eigenvalue weighted by Gasteiger charge is -2.19. The maximum Gasteiger partial charge on any atom is 0.296 e. The summed E-state index contributed by atoms with van der Waals surface area (Å²) in [5.74, 6) is -0.186. The van der Waals surface area contributed by atoms with Crippen LogP contribution < -0.4 is 4.74 Å². The van der Waals surface area contributed by atoms with Gasteiger partial charge in [-0.3, -0.25) is 4.79 Å². The second-order valence-electron chi connectivity index (χ2n) is 2.83. The minimum Gasteiger partial charge on any atom is -0.453 e. The normalized spacial score (nSPS) is 20.8. The number of hydrogen-bond acceptors (Lipinski definition) is 2. The molecule has 1 unspecified atom stereocenters. The molecule has 0 aliphatic carbocycles. The molecule has 0 aromatic heterocycles. The predicted molar refractivity (Wildman–Crippen MR) is 45.7 cm³/mol. The molecule has 13 heavy (non-hydrogen) atoms. The van der Waals surface area contributed by atoms with Crippen LogP contribution in [0.25, 0.3) is 0 Å². The van der Waals surface area contributed by atoms with E-state index in [1.807, 2.05) is 0 Å². The predicted octanol–water partition coefficient (Wildman–Crippen LogP) is 2.14. The van der Waals surface area contributed by atoms with Gasteiger partial charge in [0, 0.05) is 17.0 Å². The third-order valence-electron chi connectivity index (χ3n) is 1.88. The molecule has 1 aliphatic heterocycles. The first-order chi connectivity index (χ1) is 6.16. The van der Waals surface area contributed by atoms with Gasteiger partial charge in [0.05, 0.1) is 0 Å². The van der Waals surface area contributed by atoms with E-state index in [0.29, 0.717) is 16.3 Å². The first-order valence-electron chi connectivity index (χ1n) is 3.78. The average molecular weight is 201 g/mol. The lowest BCUT2D eigenvalue weighted by Crippen LogP contribution is -2.28. The largest absolute Gasteiger partial charge is 0.453 e. The summed E-state index contributed by atoms with van der Waals surface area (Å²) in [4.78, 5) is 10.9. The van der Waals surface area contributed by atoms with Crippen molar-refractivity contribution >= 4 is 17.4 Å². The van der Waals surface area contributed by atoms with Crippen molar-refractivity contribution in [3.63, 3.8) is 0 Å². The summed E-state index contributed by atoms with van der Waals surface area (Å²) in [6, 6.07) is 4.83. The maximum atomic E-state index is 12.8. The second kappa shape index (κ2) is 3.00. The molecule has 0 amide bonds. The van der Waals surface area contributed by atoms with Crippen molar-refractivity contribution in [1.29, 1.82) is 0 Å². The number of ether oxygens (including phenoxy) is 1. The summed E-state index contributed by atoms with van der Waals surface area (Å²) < 4.78 is 17.5. The number of Topliss-reactive ketones (excluding diaryl/α,β-unsaturated/α-hetero) is 1. The Morgan fingerprint density at radius 3 is 3.08 bits per heavy atom. The molecule has 4 heteroatoms. The maximum absolute atomic E-state index is 12.8. The highest BCUT2D eigenvalue weighted by atomic mass is 35.5. The van der Waals surface area contributed by atoms with E-state index in [1.54, 1.807) is 12.1 Å². The molecule has 0 N–H and O–H groups in total. The van der Waals surface area contributed by atoms with Crippen LogP contribution in [0.2, 0.25) is 5.02 Å². The smallest absolute Gasteiger partial charge is 0.296 e. The number of carbonyl (C=O) groups excluding carboxylic acids is 1. The SMILES string of the molecule is O=C1Cc2ccc(Cl)cc2OC1F. The van der Waals surface area contributed by atoms with E-state index in [4.69, 9.17) is 16.3 Å². The highest BCUT2D eigenvalue weighted by molar-refractivity contribution is 6.30. The van der Waals surface area contributed by atoms with Gasteiger partial charge in [-0.1, -0.05) is 17.7 Å². The minimum atomic E-state index is -1.84. The highest BCUT2D eigenvalue weighted by Gasteiger charge is 2.26. The highest BCUT2D eigenvalue weighted by Crippen LogP contribution is 2.29. The fourth-order valence-corrected chi connectivity index (χ4v) is 1.39. The van der Waals surface area contributed by atoms with Gasteiger partial charge in [-0.15, -0.1) is 0 Å². The van der Waals surface area contributed by atoms with E-state index >= 15 is 0 Å². The van der Waals surface area contributed by atoms with Crippen LogP contribution in [0.1, 0.15) is 5.56 Å². The average Bonchev–Trinajstić information content (AvgIpc) is 2.08. The van der Waals surface area contributed by atoms with Gasteiger partial charge < -0.3 is 4.74 Å². The van der Waals surface area contributed by atoms with Gasteiger partial charge >= 0.3 is 0 Å². The standard InChI is InChI=1S/C9H6ClFO2/c10-6-2-1-5-3-7(12)9(11)13-8(5)4-6/h1-2,4,9H,3H2. The number of halogens is 2. The van der Waals surface area contributed by atoms with Gasteiger partial charge in [0.25, 0.3) is 6.36 Å². The van der Waals surface area contributed by atoms with E-state index in [2.05, 4.69) is 0 Å². The molecule has 1 aromatic carbocycles. The fraction of sp³-hybridized carbons (Fsp3) is 0.222. The Labute approximate surface area is 79.3 Å². The first-order valence-corrected chi connectivity index (χ1v) is 4.16. The Bertz CT molecular complexity index is 365. The molecule has 0 bridgehead atoms. The third-order valence-corrected chi connectivity index (χ3v) is 2.11. The number of ketones is 1. The van der Waals surface area contributed by atoms with Gasteiger partial charge in [0.15, 0.2) is 0 Å². The fourth-order valence-electron chi connectivity index (χ4n) is 1.23. The number of fused-ring (bicyclic) bond motifs is 1. The quantitative estimate of drug-likeness (QED) is 0.642. The second-order valence-corrected chi connectivity index (χ2v) is 3.27. The zero-order chi connectivity index (χ0) is 9.42. The Balaban J connectivity index is 2.42. The van der Waals surface area contributed by atoms with Crippen molar-refractivity contribution in [2.24, 2.45) is 0 Å². The van der Waals surface area contributed by atoms with E-state index < -0.39 is 12.1 Å². The molecule has 0 radical (unpaired) electrons. The molecule has 2 nitrogen and oxygen atoms in total. The Hall–Kier alpha value is -1.09. The zero-order valence-corrected chi connectivity index (χ0v) is 7.34. The van der Waals surface area contributed by atoms with Gasteiger partial charge in [-0.05, 0) is 12.1 Å². The van der Waals surface area contributed by atoms with Crippen LogP contribution in [0.4, 0.5) is 4.39 Å². The van der Waals surface area contributed by atoms with Crippen molar-refractivity contribution in [1.82, 2.24) is 0 Å². The van der Waals surface area contributed by atoms with Crippen LogP contribution in [-0.2, 0) is 11.2 Å². The number of carbonyl (C=O) groups is 1. The third kappa shape index (κ3) is 1.52. The summed E-state index contributed by atoms with van der Waals surface area (Å²) in [6.45, 7) is 0. The number of benzene rings is 1. The number of alkyl halides is 1. The van der Waals surface area contributed by atoms with E-state index in [1.165, 1.54) is 6.07 Å². The Morgan fingerprint density at radius 1 is 1.54 bits per heavy atom.